The molecule has 410 valence electrons. The molecule has 0 aliphatic carbocycles. The number of carbonyl (C=O) groups excluding carboxylic acids is 1. The molecule has 0 amide bonds. The van der Waals surface area contributed by atoms with Crippen molar-refractivity contribution in [1.82, 2.24) is 4.98 Å². The van der Waals surface area contributed by atoms with Gasteiger partial charge in [-0.1, -0.05) is 151 Å². The van der Waals surface area contributed by atoms with Crippen LogP contribution in [0.25, 0.3) is 23.3 Å². The number of esters is 1. The lowest BCUT2D eigenvalue weighted by atomic mass is 9.66. The molecule has 8 heteroatoms. The Morgan fingerprint density at radius 1 is 0.553 bits per heavy atom. The van der Waals surface area contributed by atoms with Crippen molar-refractivity contribution < 1.29 is 29.1 Å². The van der Waals surface area contributed by atoms with E-state index in [0.29, 0.717) is 25.7 Å². The number of hydrogen-bond acceptors (Lipinski definition) is 7. The fourth-order valence-electron chi connectivity index (χ4n) is 11.5. The van der Waals surface area contributed by atoms with Crippen LogP contribution in [0.15, 0.2) is 91.3 Å². The normalized spacial score (nSPS) is 14.9. The van der Waals surface area contributed by atoms with Crippen LogP contribution in [0.3, 0.4) is 0 Å². The van der Waals surface area contributed by atoms with Gasteiger partial charge >= 0.3 is 13.1 Å². The molecular formula is C68H94BNO6. The quantitative estimate of drug-likeness (QED) is 0.0592. The summed E-state index contributed by atoms with van der Waals surface area (Å²) < 4.78 is 17.7. The standard InChI is InChI=1S/C35H45NO3.C33H49BO3/c1-9-34(38,10-2)16-15-28-13-14-30(17-24(28)5)35(11-3,12-4)31-18-25(6)33(26(7)19-31)29-20-27(22-36-23-29)21-32(37)39-8;1-12-32(35,13-2)19-18-26-16-17-27(20-23(26)5)33(14-3,15-4)28-21-24(6)29(25(7)22-28)34-36-30(8,9)31(10,11)37-34/h13-20,22-23,38H,9-12,21H2,1-8H3;16-22,35H,12-15H2,1-11H3/b16-15+;19-18+. The van der Waals surface area contributed by atoms with Crippen LogP contribution in [-0.2, 0) is 36.1 Å². The lowest BCUT2D eigenvalue weighted by Gasteiger charge is -2.35. The number of aryl methyl sites for hydroxylation is 6. The van der Waals surface area contributed by atoms with Crippen molar-refractivity contribution in [3.8, 4) is 11.1 Å². The van der Waals surface area contributed by atoms with Crippen molar-refractivity contribution in [1.29, 1.82) is 0 Å². The van der Waals surface area contributed by atoms with Crippen molar-refractivity contribution in [2.75, 3.05) is 7.11 Å². The highest BCUT2D eigenvalue weighted by Gasteiger charge is 2.52. The van der Waals surface area contributed by atoms with Crippen molar-refractivity contribution >= 4 is 30.7 Å². The van der Waals surface area contributed by atoms with Crippen molar-refractivity contribution in [2.24, 2.45) is 0 Å². The van der Waals surface area contributed by atoms with Crippen LogP contribution < -0.4 is 5.46 Å². The van der Waals surface area contributed by atoms with Crippen molar-refractivity contribution in [2.45, 2.75) is 216 Å². The minimum absolute atomic E-state index is 0.0788. The highest BCUT2D eigenvalue weighted by molar-refractivity contribution is 6.63. The number of rotatable bonds is 20. The third kappa shape index (κ3) is 13.1. The van der Waals surface area contributed by atoms with Gasteiger partial charge in [-0.15, -0.1) is 0 Å². The minimum Gasteiger partial charge on any atom is -0.469 e. The SMILES string of the molecule is CCC(O)(/C=C/c1ccc(C(CC)(CC)c2cc(C)c(-c3cncc(CC(=O)OC)c3)c(C)c2)cc1C)CC.CCC(O)(/C=C/c1ccc(C(CC)(CC)c2cc(C)c(B3OC(C)(C)C(C)(C)O3)c(C)c2)cc1C)CC. The van der Waals surface area contributed by atoms with Gasteiger partial charge < -0.3 is 24.3 Å². The number of nitrogens with zero attached hydrogens (tertiary/aromatic N) is 1. The Hall–Kier alpha value is -5.12. The number of ether oxygens (including phenoxy) is 1. The van der Waals surface area contributed by atoms with E-state index in [1.165, 1.54) is 62.7 Å². The Kier molecular flexibility index (Phi) is 20.4. The maximum absolute atomic E-state index is 11.8. The van der Waals surface area contributed by atoms with E-state index < -0.39 is 11.2 Å². The zero-order chi connectivity index (χ0) is 56.6. The number of carbonyl (C=O) groups is 1. The van der Waals surface area contributed by atoms with Crippen LogP contribution in [0.4, 0.5) is 0 Å². The molecule has 1 fully saturated rings. The number of aromatic nitrogens is 1. The maximum Gasteiger partial charge on any atom is 0.495 e. The van der Waals surface area contributed by atoms with Crippen LogP contribution in [0, 0.1) is 41.5 Å². The first kappa shape index (κ1) is 61.7. The van der Waals surface area contributed by atoms with E-state index in [1.54, 1.807) is 6.20 Å². The van der Waals surface area contributed by atoms with Gasteiger partial charge in [0.25, 0.3) is 0 Å². The van der Waals surface area contributed by atoms with Gasteiger partial charge in [-0.05, 0) is 199 Å². The Morgan fingerprint density at radius 2 is 0.934 bits per heavy atom. The van der Waals surface area contributed by atoms with Crippen molar-refractivity contribution in [3.05, 3.63) is 164 Å². The van der Waals surface area contributed by atoms with E-state index in [-0.39, 0.29) is 41.5 Å². The van der Waals surface area contributed by atoms with Crippen LogP contribution >= 0.6 is 0 Å². The number of benzene rings is 4. The van der Waals surface area contributed by atoms with Crippen molar-refractivity contribution in [3.63, 3.8) is 0 Å². The summed E-state index contributed by atoms with van der Waals surface area (Å²) in [4.78, 5) is 16.2. The summed E-state index contributed by atoms with van der Waals surface area (Å²) in [6, 6.07) is 25.0. The average molecular weight is 1030 g/mol. The third-order valence-electron chi connectivity index (χ3n) is 18.0. The first-order valence-electron chi connectivity index (χ1n) is 28.4. The zero-order valence-corrected chi connectivity index (χ0v) is 50.2. The summed E-state index contributed by atoms with van der Waals surface area (Å²) in [7, 11) is 1.06. The summed E-state index contributed by atoms with van der Waals surface area (Å²) in [6.45, 7) is 38.7. The monoisotopic (exact) mass is 1030 g/mol. The molecule has 76 heavy (non-hydrogen) atoms. The summed E-state index contributed by atoms with van der Waals surface area (Å²) in [6.07, 6.45) is 18.7. The summed E-state index contributed by atoms with van der Waals surface area (Å²) in [5, 5.41) is 21.4. The van der Waals surface area contributed by atoms with Gasteiger partial charge in [0.15, 0.2) is 0 Å². The predicted octanol–water partition coefficient (Wildman–Crippen LogP) is 15.6. The van der Waals surface area contributed by atoms with Gasteiger partial charge in [0.05, 0.1) is 35.9 Å². The third-order valence-corrected chi connectivity index (χ3v) is 18.0. The van der Waals surface area contributed by atoms with E-state index in [2.05, 4.69) is 175 Å². The van der Waals surface area contributed by atoms with Gasteiger partial charge in [-0.3, -0.25) is 9.78 Å². The Balaban J connectivity index is 0.000000281. The first-order valence-corrected chi connectivity index (χ1v) is 28.4. The fourth-order valence-corrected chi connectivity index (χ4v) is 11.5. The topological polar surface area (TPSA) is 98.1 Å². The maximum atomic E-state index is 11.8. The molecule has 0 bridgehead atoms. The summed E-state index contributed by atoms with van der Waals surface area (Å²) >= 11 is 0. The van der Waals surface area contributed by atoms with Crippen LogP contribution in [-0.4, -0.2) is 57.8 Å². The van der Waals surface area contributed by atoms with Gasteiger partial charge in [0.2, 0.25) is 0 Å². The fraction of sp³-hybridized carbons (Fsp3) is 0.500. The molecule has 4 aromatic carbocycles. The van der Waals surface area contributed by atoms with E-state index in [4.69, 9.17) is 14.0 Å². The molecule has 6 rings (SSSR count). The predicted molar refractivity (Wildman–Crippen MR) is 321 cm³/mol. The van der Waals surface area contributed by atoms with E-state index >= 15 is 0 Å². The van der Waals surface area contributed by atoms with Crippen LogP contribution in [0.2, 0.25) is 0 Å². The molecule has 0 unspecified atom stereocenters. The molecule has 1 aliphatic heterocycles. The zero-order valence-electron chi connectivity index (χ0n) is 50.2. The van der Waals surface area contributed by atoms with E-state index in [1.807, 2.05) is 52.1 Å². The highest BCUT2D eigenvalue weighted by atomic mass is 16.7. The van der Waals surface area contributed by atoms with E-state index in [9.17, 15) is 15.0 Å². The van der Waals surface area contributed by atoms with Gasteiger partial charge in [-0.25, -0.2) is 0 Å². The molecule has 2 heterocycles. The average Bonchev–Trinajstić information content (AvgIpc) is 3.61. The lowest BCUT2D eigenvalue weighted by molar-refractivity contribution is -0.139. The molecule has 0 radical (unpaired) electrons. The number of methoxy groups -OCH3 is 1. The molecule has 7 nitrogen and oxygen atoms in total. The number of pyridine rings is 1. The summed E-state index contributed by atoms with van der Waals surface area (Å²) in [5.74, 6) is -0.267. The highest BCUT2D eigenvalue weighted by Crippen LogP contribution is 2.44. The van der Waals surface area contributed by atoms with E-state index in [0.717, 1.165) is 59.0 Å². The number of aliphatic hydroxyl groups is 2. The summed E-state index contributed by atoms with van der Waals surface area (Å²) in [5.41, 5.74) is 16.7. The molecule has 5 aromatic rings. The second kappa shape index (κ2) is 25.1. The van der Waals surface area contributed by atoms with Gasteiger partial charge in [0.1, 0.15) is 0 Å². The Morgan fingerprint density at radius 3 is 1.29 bits per heavy atom. The van der Waals surface area contributed by atoms with Gasteiger partial charge in [-0.2, -0.15) is 0 Å². The molecule has 0 spiro atoms. The first-order chi connectivity index (χ1) is 35.7. The van der Waals surface area contributed by atoms with Crippen LogP contribution in [0.5, 0.6) is 0 Å². The number of hydrogen-bond donors (Lipinski definition) is 2. The second-order valence-electron chi connectivity index (χ2n) is 22.9. The minimum atomic E-state index is -0.757. The molecule has 0 saturated carbocycles. The Bertz CT molecular complexity index is 2790. The molecule has 1 aromatic heterocycles. The lowest BCUT2D eigenvalue weighted by Crippen LogP contribution is -2.41. The largest absolute Gasteiger partial charge is 0.495 e. The molecule has 1 saturated heterocycles. The second-order valence-corrected chi connectivity index (χ2v) is 22.9. The smallest absolute Gasteiger partial charge is 0.469 e. The van der Waals surface area contributed by atoms with Crippen LogP contribution in [0.1, 0.15) is 207 Å². The molecule has 1 aliphatic rings. The molecular weight excluding hydrogens is 938 g/mol. The molecule has 2 N–H and O–H groups in total. The van der Waals surface area contributed by atoms with Gasteiger partial charge in [0, 0.05) is 28.8 Å². The Labute approximate surface area is 460 Å². The molecule has 0 atom stereocenters.